The van der Waals surface area contributed by atoms with Crippen LogP contribution in [0.15, 0.2) is 68.0 Å². The molecule has 0 unspecified atom stereocenters. The number of thiazole rings is 5. The van der Waals surface area contributed by atoms with E-state index in [2.05, 4.69) is 90.5 Å². The molecule has 0 bridgehead atoms. The molecule has 0 aromatic carbocycles. The third-order valence-electron chi connectivity index (χ3n) is 21.2. The van der Waals surface area contributed by atoms with Gasteiger partial charge in [-0.15, -0.1) is 56.7 Å². The fraction of sp³-hybridized carbons (Fsp3) is 0.531. The summed E-state index contributed by atoms with van der Waals surface area (Å²) < 4.78 is 54.2. The molecular formula is C81H104BBrF3N22O13S6Si. The number of carbonyl (C=O) groups is 3. The Morgan fingerprint density at radius 1 is 0.477 bits per heavy atom. The van der Waals surface area contributed by atoms with Crippen molar-refractivity contribution in [3.63, 3.8) is 0 Å². The van der Waals surface area contributed by atoms with Crippen molar-refractivity contribution in [2.45, 2.75) is 229 Å². The molecule has 0 atom stereocenters. The fourth-order valence-electron chi connectivity index (χ4n) is 12.6. The Bertz CT molecular complexity index is 6650. The van der Waals surface area contributed by atoms with Gasteiger partial charge in [-0.2, -0.15) is 13.2 Å². The number of fused-ring (bicyclic) bond motifs is 4. The molecule has 0 spiro atoms. The van der Waals surface area contributed by atoms with Gasteiger partial charge in [0.25, 0.3) is 22.2 Å². The van der Waals surface area contributed by atoms with Crippen LogP contribution >= 0.6 is 85.4 Å². The van der Waals surface area contributed by atoms with Crippen LogP contribution in [0.5, 0.6) is 0 Å². The zero-order valence-electron chi connectivity index (χ0n) is 74.8. The van der Waals surface area contributed by atoms with Crippen LogP contribution in [0.25, 0.3) is 44.7 Å². The first-order valence-electron chi connectivity index (χ1n) is 40.8. The number of imidazole rings is 4. The van der Waals surface area contributed by atoms with Crippen molar-refractivity contribution in [1.29, 1.82) is 0 Å². The number of hydrogen-bond acceptors (Lipinski definition) is 29. The molecule has 17 rings (SSSR count). The number of carbonyl (C=O) groups excluding carboxylic acids is 3. The van der Waals surface area contributed by atoms with Crippen LogP contribution in [0.4, 0.5) is 13.2 Å². The molecular weight excluding hydrogens is 1860 g/mol. The van der Waals surface area contributed by atoms with Gasteiger partial charge in [-0.05, 0) is 144 Å². The van der Waals surface area contributed by atoms with Crippen LogP contribution in [0, 0.1) is 65.2 Å². The Morgan fingerprint density at radius 3 is 0.984 bits per heavy atom. The second-order valence-electron chi connectivity index (χ2n) is 34.1. The summed E-state index contributed by atoms with van der Waals surface area (Å²) in [5, 5.41) is 23.9. The molecule has 4 fully saturated rings. The summed E-state index contributed by atoms with van der Waals surface area (Å²) in [6, 6.07) is 0. The molecule has 4 aliphatic carbocycles. The maximum atomic E-state index is 13.1. The van der Waals surface area contributed by atoms with E-state index < -0.39 is 47.8 Å². The van der Waals surface area contributed by atoms with Gasteiger partial charge >= 0.3 is 53.3 Å². The number of H-pyrrole nitrogens is 1. The van der Waals surface area contributed by atoms with E-state index in [1.807, 2.05) is 59.8 Å². The first-order valence-corrected chi connectivity index (χ1v) is 49.9. The number of nitrogens with zero attached hydrogens (tertiary/aromatic N) is 21. The summed E-state index contributed by atoms with van der Waals surface area (Å²) in [5.74, 6) is -1.53. The van der Waals surface area contributed by atoms with E-state index >= 15 is 0 Å². The molecule has 13 aromatic rings. The summed E-state index contributed by atoms with van der Waals surface area (Å²) in [5.41, 5.74) is 2.09. The van der Waals surface area contributed by atoms with Crippen LogP contribution in [-0.4, -0.2) is 149 Å². The number of aryl methyl sites for hydroxylation is 10. The molecule has 687 valence electrons. The van der Waals surface area contributed by atoms with E-state index in [9.17, 15) is 76.1 Å². The minimum atomic E-state index is -3.92. The van der Waals surface area contributed by atoms with Gasteiger partial charge < -0.3 is 28.5 Å². The molecule has 0 amide bonds. The maximum absolute atomic E-state index is 13.1. The fourth-order valence-corrected chi connectivity index (χ4v) is 17.6. The SMILES string of the molecule is CC(=O)c1nc(C)c(C)s1.CC(=O)c1nc(CBr)c(C)s1.CC(=O)c1nc(Cn2c(=O)c3c(ncn3CC3CC3)n(C)c2=O)c(C)s1.C[Si](C)(C)C(F)(F)F.Cc1sc(C(C)(C)O)nc1Cn1c(=O)c2c(ncn2CC2CC2)n(C)c1=O.Cc1sc(C(C)(C)O)nc1Cn1c(=O)c2c(ncn2CC2CC2)n(C)c1=O.Cn1c(=O)[nH]c(=O)c2c1ncn2CC1CC1.[B]=NS. The molecule has 1 radical (unpaired) electrons. The number of halogens is 4. The van der Waals surface area contributed by atoms with Crippen LogP contribution in [0.2, 0.25) is 19.6 Å². The van der Waals surface area contributed by atoms with Gasteiger partial charge in [-0.3, -0.25) is 70.5 Å². The number of aliphatic hydroxyl groups is 2. The molecule has 0 saturated heterocycles. The van der Waals surface area contributed by atoms with Gasteiger partial charge in [-0.1, -0.05) is 35.6 Å². The summed E-state index contributed by atoms with van der Waals surface area (Å²) in [7, 11) is 7.96. The summed E-state index contributed by atoms with van der Waals surface area (Å²) in [6.45, 7) is 29.8. The number of aromatic amines is 1. The van der Waals surface area contributed by atoms with Crippen LogP contribution in [0.1, 0.15) is 192 Å². The topological polar surface area (TPSA) is 427 Å². The summed E-state index contributed by atoms with van der Waals surface area (Å²) in [4.78, 5) is 179. The van der Waals surface area contributed by atoms with Crippen LogP contribution in [0.3, 0.4) is 0 Å². The average molecular weight is 1960 g/mol. The van der Waals surface area contributed by atoms with Gasteiger partial charge in [0, 0.05) is 105 Å². The molecule has 3 N–H and O–H groups in total. The van der Waals surface area contributed by atoms with Crippen molar-refractivity contribution in [1.82, 2.24) is 100 Å². The number of rotatable bonds is 20. The molecule has 128 heavy (non-hydrogen) atoms. The Balaban J connectivity index is 0.000000161. The number of thiol groups is 1. The molecule has 13 aromatic heterocycles. The normalized spacial score (nSPS) is 13.8. The number of ketones is 3. The third-order valence-corrected chi connectivity index (χ3v) is 29.5. The number of hydrogen-bond donors (Lipinski definition) is 4. The molecule has 0 aliphatic heterocycles. The van der Waals surface area contributed by atoms with E-state index in [0.717, 1.165) is 106 Å². The Kier molecular flexibility index (Phi) is 32.0. The predicted octanol–water partition coefficient (Wildman–Crippen LogP) is 11.0. The predicted molar refractivity (Wildman–Crippen MR) is 500 cm³/mol. The monoisotopic (exact) mass is 1960 g/mol. The number of nitrogens with one attached hydrogen (secondary N) is 1. The molecule has 13 heterocycles. The number of aromatic nitrogens is 21. The number of alkyl halides is 4. The van der Waals surface area contributed by atoms with Gasteiger partial charge in [0.2, 0.25) is 0 Å². The quantitative estimate of drug-likeness (QED) is 0.0238. The van der Waals surface area contributed by atoms with Crippen molar-refractivity contribution in [3.05, 3.63) is 187 Å². The van der Waals surface area contributed by atoms with E-state index in [0.29, 0.717) is 110 Å². The van der Waals surface area contributed by atoms with Crippen molar-refractivity contribution >= 4 is 163 Å². The first kappa shape index (κ1) is 101. The second-order valence-corrected chi connectivity index (χ2v) is 46.0. The van der Waals surface area contributed by atoms with E-state index in [1.54, 1.807) is 81.2 Å². The molecule has 4 aliphatic rings. The average Bonchev–Trinajstić information content (AvgIpc) is 1.59. The molecule has 47 heteroatoms. The standard InChI is InChI=1S/2C18H23N5O3S.C17H19N5O3S.C10H12N4O2.C7H8BrNOS.C7H9NOS.C4H9F3Si.BHNS/c2*1-10-12(20-16(27-10)18(2,3)26)8-23-15(24)13-14(21(4)17(23)25)19-9-22(13)7-11-5-6-11;1-9(23)15-19-12(10(2)26-15)7-22-16(24)13-14(20(3)17(22)25)18-8-21(13)6-11-4-5-11;1-13-8-7(9(15)12-10(13)16)14(5-11-8)4-6-2-3-6;1-4(10)7-9-6(3-8)5(2)11-7;1-4-6(3)10-7(8-4)5(2)9;1-8(2,3)4(5,6)7;1-2-3/h2*9,11,26H,5-8H2,1-4H3;8,11H,4-7H2,1-3H3;5-6H,2-4H2,1H3,(H,12,15,16);3H2,1-2H3;1-3H3;1-3H3;3H. The van der Waals surface area contributed by atoms with Gasteiger partial charge in [0.05, 0.1) is 73.4 Å². The van der Waals surface area contributed by atoms with Crippen molar-refractivity contribution < 1.29 is 37.8 Å². The van der Waals surface area contributed by atoms with E-state index in [4.69, 9.17) is 0 Å². The van der Waals surface area contributed by atoms with E-state index in [-0.39, 0.29) is 59.2 Å². The second kappa shape index (κ2) is 40.8. The van der Waals surface area contributed by atoms with Crippen LogP contribution in [-0.2, 0) is 90.5 Å². The Labute approximate surface area is 767 Å². The van der Waals surface area contributed by atoms with Crippen molar-refractivity contribution in [2.75, 3.05) is 0 Å². The zero-order chi connectivity index (χ0) is 94.7. The van der Waals surface area contributed by atoms with Gasteiger partial charge in [-0.25, -0.2) is 64.0 Å². The van der Waals surface area contributed by atoms with Crippen molar-refractivity contribution in [3.8, 4) is 0 Å². The van der Waals surface area contributed by atoms with E-state index in [1.165, 1.54) is 142 Å². The summed E-state index contributed by atoms with van der Waals surface area (Å²) in [6.07, 6.45) is 16.0. The van der Waals surface area contributed by atoms with Crippen LogP contribution < -0.4 is 45.0 Å². The third kappa shape index (κ3) is 24.1. The van der Waals surface area contributed by atoms with Crippen molar-refractivity contribution in [2.24, 2.45) is 56.2 Å². The van der Waals surface area contributed by atoms with Gasteiger partial charge in [0.15, 0.2) is 85.1 Å². The first-order chi connectivity index (χ1) is 59.8. The Morgan fingerprint density at radius 2 is 0.742 bits per heavy atom. The summed E-state index contributed by atoms with van der Waals surface area (Å²) >= 11 is 13.5. The molecule has 4 saturated carbocycles. The Hall–Kier alpha value is -9.62. The van der Waals surface area contributed by atoms with Gasteiger partial charge in [0.1, 0.15) is 21.2 Å². The minimum absolute atomic E-state index is 0.0466. The zero-order valence-corrected chi connectivity index (χ0v) is 82.3. The number of Topliss-reactive ketones (excluding diaryl/α,β-unsaturated/α-hetero) is 3. The molecule has 35 nitrogen and oxygen atoms in total.